The predicted octanol–water partition coefficient (Wildman–Crippen LogP) is 6.15. The van der Waals surface area contributed by atoms with Gasteiger partial charge in [-0.2, -0.15) is 5.10 Å². The van der Waals surface area contributed by atoms with Crippen molar-refractivity contribution >= 4 is 58.7 Å². The third kappa shape index (κ3) is 6.15. The molecule has 0 fully saturated rings. The number of ether oxygens (including phenoxy) is 1. The van der Waals surface area contributed by atoms with Crippen LogP contribution in [0, 0.1) is 0 Å². The van der Waals surface area contributed by atoms with Crippen molar-refractivity contribution in [1.29, 1.82) is 0 Å². The highest BCUT2D eigenvalue weighted by Crippen LogP contribution is 2.29. The molecule has 11 heteroatoms. The van der Waals surface area contributed by atoms with Crippen LogP contribution < -0.4 is 10.2 Å². The van der Waals surface area contributed by atoms with E-state index < -0.39 is 0 Å². The van der Waals surface area contributed by atoms with E-state index in [-0.39, 0.29) is 11.7 Å². The number of nitrogens with zero attached hydrogens (tertiary/aromatic N) is 4. The van der Waals surface area contributed by atoms with Crippen molar-refractivity contribution in [1.82, 2.24) is 20.2 Å². The van der Waals surface area contributed by atoms with Crippen molar-refractivity contribution in [2.75, 3.05) is 12.9 Å². The van der Waals surface area contributed by atoms with E-state index in [0.29, 0.717) is 31.6 Å². The van der Waals surface area contributed by atoms with Gasteiger partial charge in [0.15, 0.2) is 11.0 Å². The number of nitrogens with one attached hydrogen (secondary N) is 1. The Bertz CT molecular complexity index is 1360. The molecule has 1 N–H and O–H groups in total. The number of halogens is 3. The molecule has 35 heavy (non-hydrogen) atoms. The smallest absolute Gasteiger partial charge is 0.250 e. The van der Waals surface area contributed by atoms with Crippen molar-refractivity contribution in [2.24, 2.45) is 5.10 Å². The first kappa shape index (κ1) is 25.1. The van der Waals surface area contributed by atoms with Gasteiger partial charge in [0.05, 0.1) is 29.1 Å². The second-order valence-corrected chi connectivity index (χ2v) is 9.24. The molecule has 0 spiro atoms. The molecule has 3 aromatic carbocycles. The lowest BCUT2D eigenvalue weighted by molar-refractivity contribution is -0.118. The minimum atomic E-state index is -0.318. The van der Waals surface area contributed by atoms with Crippen molar-refractivity contribution in [2.45, 2.75) is 5.16 Å². The predicted molar refractivity (Wildman–Crippen MR) is 141 cm³/mol. The molecule has 0 unspecified atom stereocenters. The summed E-state index contributed by atoms with van der Waals surface area (Å²) < 4.78 is 7.11. The number of aromatic nitrogens is 3. The molecule has 0 radical (unpaired) electrons. The molecule has 0 atom stereocenters. The molecule has 4 rings (SSSR count). The molecule has 0 saturated heterocycles. The van der Waals surface area contributed by atoms with Crippen molar-refractivity contribution in [3.05, 3.63) is 87.4 Å². The summed E-state index contributed by atoms with van der Waals surface area (Å²) in [7, 11) is 1.61. The summed E-state index contributed by atoms with van der Waals surface area (Å²) in [6.07, 6.45) is 1.44. The Labute approximate surface area is 221 Å². The molecule has 0 aliphatic heterocycles. The van der Waals surface area contributed by atoms with Gasteiger partial charge in [-0.05, 0) is 54.6 Å². The van der Waals surface area contributed by atoms with Gasteiger partial charge in [0.25, 0.3) is 5.91 Å². The minimum absolute atomic E-state index is 0.0644. The van der Waals surface area contributed by atoms with Gasteiger partial charge in [0, 0.05) is 21.8 Å². The molecule has 0 aliphatic rings. The SMILES string of the molecule is COc1ccc(-c2nnc(SCC(=O)NN=Cc3cccc(Cl)c3Cl)n2-c2ccc(Cl)cc2)cc1. The van der Waals surface area contributed by atoms with Gasteiger partial charge in [-0.1, -0.05) is 58.7 Å². The van der Waals surface area contributed by atoms with E-state index in [9.17, 15) is 4.79 Å². The molecule has 7 nitrogen and oxygen atoms in total. The Morgan fingerprint density at radius 3 is 2.51 bits per heavy atom. The Balaban J connectivity index is 1.52. The number of amides is 1. The highest BCUT2D eigenvalue weighted by Gasteiger charge is 2.17. The first-order valence-corrected chi connectivity index (χ1v) is 12.3. The van der Waals surface area contributed by atoms with Crippen LogP contribution >= 0.6 is 46.6 Å². The van der Waals surface area contributed by atoms with Crippen LogP contribution in [0.3, 0.4) is 0 Å². The number of thioether (sulfide) groups is 1. The number of hydrazone groups is 1. The summed E-state index contributed by atoms with van der Waals surface area (Å²) in [5.74, 6) is 1.10. The average Bonchev–Trinajstić information content (AvgIpc) is 3.30. The molecule has 178 valence electrons. The Morgan fingerprint density at radius 2 is 1.80 bits per heavy atom. The standard InChI is InChI=1S/C24H18Cl3N5O2S/c1-34-19-11-5-15(6-12-19)23-30-31-24(32(23)18-9-7-17(25)8-10-18)35-14-21(33)29-28-13-16-3-2-4-20(26)22(16)27/h2-13H,14H2,1H3,(H,29,33). The molecule has 0 aliphatic carbocycles. The van der Waals surface area contributed by atoms with Gasteiger partial charge in [0.2, 0.25) is 0 Å². The molecular formula is C24H18Cl3N5O2S. The zero-order chi connectivity index (χ0) is 24.8. The fourth-order valence-electron chi connectivity index (χ4n) is 3.07. The third-order valence-corrected chi connectivity index (χ3v) is 6.79. The molecular weight excluding hydrogens is 529 g/mol. The highest BCUT2D eigenvalue weighted by atomic mass is 35.5. The van der Waals surface area contributed by atoms with Gasteiger partial charge in [-0.25, -0.2) is 5.43 Å². The summed E-state index contributed by atoms with van der Waals surface area (Å²) >= 11 is 19.4. The number of carbonyl (C=O) groups excluding carboxylic acids is 1. The van der Waals surface area contributed by atoms with Crippen LogP contribution in [0.2, 0.25) is 15.1 Å². The molecule has 1 amide bonds. The summed E-state index contributed by atoms with van der Waals surface area (Å²) in [4.78, 5) is 12.4. The normalized spacial score (nSPS) is 11.1. The van der Waals surface area contributed by atoms with Gasteiger partial charge >= 0.3 is 0 Å². The van der Waals surface area contributed by atoms with E-state index in [4.69, 9.17) is 39.5 Å². The van der Waals surface area contributed by atoms with E-state index in [1.165, 1.54) is 18.0 Å². The minimum Gasteiger partial charge on any atom is -0.497 e. The van der Waals surface area contributed by atoms with Gasteiger partial charge in [0.1, 0.15) is 5.75 Å². The number of hydrogen-bond donors (Lipinski definition) is 1. The zero-order valence-electron chi connectivity index (χ0n) is 18.3. The second-order valence-electron chi connectivity index (χ2n) is 7.07. The van der Waals surface area contributed by atoms with Crippen LogP contribution in [0.25, 0.3) is 17.1 Å². The van der Waals surface area contributed by atoms with E-state index in [1.807, 2.05) is 41.0 Å². The summed E-state index contributed by atoms with van der Waals surface area (Å²) in [5.41, 5.74) is 4.73. The van der Waals surface area contributed by atoms with Crippen LogP contribution in [0.5, 0.6) is 5.75 Å². The fraction of sp³-hybridized carbons (Fsp3) is 0.0833. The van der Waals surface area contributed by atoms with Crippen molar-refractivity contribution in [3.8, 4) is 22.8 Å². The van der Waals surface area contributed by atoms with Gasteiger partial charge < -0.3 is 4.74 Å². The summed E-state index contributed by atoms with van der Waals surface area (Å²) in [5, 5.41) is 14.6. The molecule has 1 aromatic heterocycles. The topological polar surface area (TPSA) is 81.4 Å². The summed E-state index contributed by atoms with van der Waals surface area (Å²) in [6, 6.07) is 19.9. The van der Waals surface area contributed by atoms with Crippen LogP contribution in [0.15, 0.2) is 77.0 Å². The number of carbonyl (C=O) groups is 1. The molecule has 1 heterocycles. The maximum atomic E-state index is 12.4. The van der Waals surface area contributed by atoms with Crippen molar-refractivity contribution in [3.63, 3.8) is 0 Å². The van der Waals surface area contributed by atoms with E-state index >= 15 is 0 Å². The zero-order valence-corrected chi connectivity index (χ0v) is 21.4. The Morgan fingerprint density at radius 1 is 1.06 bits per heavy atom. The number of rotatable bonds is 8. The second kappa shape index (κ2) is 11.6. The van der Waals surface area contributed by atoms with Gasteiger partial charge in [-0.3, -0.25) is 9.36 Å². The Kier molecular flexibility index (Phi) is 8.30. The maximum Gasteiger partial charge on any atom is 0.250 e. The molecule has 0 saturated carbocycles. The third-order valence-electron chi connectivity index (χ3n) is 4.77. The highest BCUT2D eigenvalue weighted by molar-refractivity contribution is 7.99. The van der Waals surface area contributed by atoms with Crippen molar-refractivity contribution < 1.29 is 9.53 Å². The van der Waals surface area contributed by atoms with Gasteiger partial charge in [-0.15, -0.1) is 10.2 Å². The monoisotopic (exact) mass is 545 g/mol. The molecule has 0 bridgehead atoms. The first-order chi connectivity index (χ1) is 17.0. The first-order valence-electron chi connectivity index (χ1n) is 10.2. The van der Waals surface area contributed by atoms with Crippen LogP contribution in [0.1, 0.15) is 5.56 Å². The lowest BCUT2D eigenvalue weighted by Crippen LogP contribution is -2.20. The number of benzene rings is 3. The molecule has 4 aromatic rings. The van der Waals surface area contributed by atoms with E-state index in [0.717, 1.165) is 17.0 Å². The number of hydrogen-bond acceptors (Lipinski definition) is 6. The summed E-state index contributed by atoms with van der Waals surface area (Å²) in [6.45, 7) is 0. The maximum absolute atomic E-state index is 12.4. The number of methoxy groups -OCH3 is 1. The fourth-order valence-corrected chi connectivity index (χ4v) is 4.30. The average molecular weight is 547 g/mol. The van der Waals surface area contributed by atoms with E-state index in [1.54, 1.807) is 37.4 Å². The van der Waals surface area contributed by atoms with Crippen LogP contribution in [0.4, 0.5) is 0 Å². The quantitative estimate of drug-likeness (QED) is 0.163. The van der Waals surface area contributed by atoms with Crippen LogP contribution in [-0.2, 0) is 4.79 Å². The van der Waals surface area contributed by atoms with Crippen LogP contribution in [-0.4, -0.2) is 39.7 Å². The Hall–Kier alpha value is -3.04. The lowest BCUT2D eigenvalue weighted by Gasteiger charge is -2.11. The largest absolute Gasteiger partial charge is 0.497 e. The lowest BCUT2D eigenvalue weighted by atomic mass is 10.2. The van der Waals surface area contributed by atoms with E-state index in [2.05, 4.69) is 20.7 Å².